The summed E-state index contributed by atoms with van der Waals surface area (Å²) in [6.07, 6.45) is 8.76. The van der Waals surface area contributed by atoms with Gasteiger partial charge in [-0.1, -0.05) is 83.6 Å². The molecule has 1 heterocycles. The number of carbonyl (C=O) groups excluding carboxylic acids is 2. The molecule has 40 heavy (non-hydrogen) atoms. The molecule has 0 spiro atoms. The van der Waals surface area contributed by atoms with Gasteiger partial charge in [0.25, 0.3) is 5.91 Å². The summed E-state index contributed by atoms with van der Waals surface area (Å²) in [6, 6.07) is 5.58. The molecule has 1 aromatic carbocycles. The lowest BCUT2D eigenvalue weighted by Crippen LogP contribution is -2.41. The number of nitrogens with one attached hydrogen (secondary N) is 1. The molecule has 2 amide bonds. The molecular weight excluding hydrogens is 508 g/mol. The SMILES string of the molecule is CC/C=C\C(C)[C@H](OC(N)=O)[C@@H](C)[C@H](O)[C@@H](C)C/C(C)=C\[C@H](C)[C@@H](O)C(C)/C=C\c1ccc2c(c1)NC(=O)CO2. The molecule has 0 saturated carbocycles. The average molecular weight is 557 g/mol. The molecule has 222 valence electrons. The highest BCUT2D eigenvalue weighted by Gasteiger charge is 2.33. The topological polar surface area (TPSA) is 131 Å². The highest BCUT2D eigenvalue weighted by Crippen LogP contribution is 2.30. The van der Waals surface area contributed by atoms with E-state index < -0.39 is 24.4 Å². The predicted octanol–water partition coefficient (Wildman–Crippen LogP) is 5.70. The number of benzene rings is 1. The maximum atomic E-state index is 11.6. The largest absolute Gasteiger partial charge is 0.482 e. The molecule has 0 radical (unpaired) electrons. The number of carbonyl (C=O) groups is 2. The maximum absolute atomic E-state index is 11.6. The van der Waals surface area contributed by atoms with Gasteiger partial charge in [-0.2, -0.15) is 0 Å². The van der Waals surface area contributed by atoms with Crippen molar-refractivity contribution in [3.63, 3.8) is 0 Å². The summed E-state index contributed by atoms with van der Waals surface area (Å²) in [7, 11) is 0. The Morgan fingerprint density at radius 2 is 1.80 bits per heavy atom. The fourth-order valence-corrected chi connectivity index (χ4v) is 5.30. The second kappa shape index (κ2) is 15.6. The van der Waals surface area contributed by atoms with E-state index in [1.54, 1.807) is 0 Å². The number of rotatable bonds is 14. The van der Waals surface area contributed by atoms with Crippen LogP contribution in [-0.4, -0.2) is 47.1 Å². The molecule has 0 fully saturated rings. The maximum Gasteiger partial charge on any atom is 0.404 e. The van der Waals surface area contributed by atoms with Crippen molar-refractivity contribution in [1.29, 1.82) is 0 Å². The number of anilines is 1. The number of aliphatic hydroxyl groups is 2. The first-order chi connectivity index (χ1) is 18.8. The van der Waals surface area contributed by atoms with Gasteiger partial charge in [0.2, 0.25) is 0 Å². The van der Waals surface area contributed by atoms with Crippen molar-refractivity contribution in [2.75, 3.05) is 11.9 Å². The fourth-order valence-electron chi connectivity index (χ4n) is 5.30. The molecule has 1 aliphatic heterocycles. The monoisotopic (exact) mass is 556 g/mol. The Morgan fingerprint density at radius 1 is 1.10 bits per heavy atom. The highest BCUT2D eigenvalue weighted by molar-refractivity contribution is 5.95. The van der Waals surface area contributed by atoms with Crippen LogP contribution in [0.1, 0.15) is 66.9 Å². The minimum absolute atomic E-state index is 0.0209. The van der Waals surface area contributed by atoms with Crippen molar-refractivity contribution < 1.29 is 29.3 Å². The summed E-state index contributed by atoms with van der Waals surface area (Å²) in [5.74, 6) is -0.255. The number of primary amides is 1. The number of aliphatic hydroxyl groups excluding tert-OH is 2. The first kappa shape index (κ1) is 33.1. The third-order valence-corrected chi connectivity index (χ3v) is 7.58. The Morgan fingerprint density at radius 3 is 2.45 bits per heavy atom. The third-order valence-electron chi connectivity index (χ3n) is 7.58. The van der Waals surface area contributed by atoms with Crippen molar-refractivity contribution >= 4 is 23.8 Å². The molecule has 0 bridgehead atoms. The van der Waals surface area contributed by atoms with E-state index in [1.165, 1.54) is 0 Å². The molecule has 8 heteroatoms. The molecule has 2 unspecified atom stereocenters. The van der Waals surface area contributed by atoms with E-state index in [4.69, 9.17) is 15.2 Å². The van der Waals surface area contributed by atoms with Crippen molar-refractivity contribution in [1.82, 2.24) is 0 Å². The van der Waals surface area contributed by atoms with Crippen molar-refractivity contribution in [2.24, 2.45) is 35.3 Å². The van der Waals surface area contributed by atoms with Gasteiger partial charge in [-0.15, -0.1) is 0 Å². The van der Waals surface area contributed by atoms with Crippen LogP contribution in [0.4, 0.5) is 10.5 Å². The van der Waals surface area contributed by atoms with Crippen LogP contribution in [0.2, 0.25) is 0 Å². The predicted molar refractivity (Wildman–Crippen MR) is 160 cm³/mol. The Bertz CT molecular complexity index is 1080. The van der Waals surface area contributed by atoms with E-state index in [0.717, 1.165) is 17.6 Å². The Labute approximate surface area is 239 Å². The zero-order valence-corrected chi connectivity index (χ0v) is 25.0. The number of amides is 2. The van der Waals surface area contributed by atoms with Crippen LogP contribution in [0.25, 0.3) is 6.08 Å². The van der Waals surface area contributed by atoms with Crippen LogP contribution in [0.15, 0.2) is 48.1 Å². The Kier molecular flexibility index (Phi) is 12.9. The molecule has 0 aliphatic carbocycles. The second-order valence-corrected chi connectivity index (χ2v) is 11.3. The van der Waals surface area contributed by atoms with E-state index in [0.29, 0.717) is 17.9 Å². The van der Waals surface area contributed by atoms with Gasteiger partial charge < -0.3 is 30.7 Å². The second-order valence-electron chi connectivity index (χ2n) is 11.3. The molecule has 1 aliphatic rings. The van der Waals surface area contributed by atoms with Crippen LogP contribution in [0.3, 0.4) is 0 Å². The summed E-state index contributed by atoms with van der Waals surface area (Å²) < 4.78 is 10.8. The van der Waals surface area contributed by atoms with E-state index in [-0.39, 0.29) is 42.1 Å². The van der Waals surface area contributed by atoms with Gasteiger partial charge >= 0.3 is 6.09 Å². The van der Waals surface area contributed by atoms with Crippen LogP contribution in [0, 0.1) is 29.6 Å². The van der Waals surface area contributed by atoms with Crippen LogP contribution in [0.5, 0.6) is 5.75 Å². The molecule has 1 aromatic rings. The average Bonchev–Trinajstić information content (AvgIpc) is 2.91. The number of hydrogen-bond acceptors (Lipinski definition) is 6. The number of allylic oxidation sites excluding steroid dienone is 2. The Hall–Kier alpha value is -3.10. The van der Waals surface area contributed by atoms with Gasteiger partial charge in [0.1, 0.15) is 11.9 Å². The van der Waals surface area contributed by atoms with E-state index in [1.807, 2.05) is 91.0 Å². The summed E-state index contributed by atoms with van der Waals surface area (Å²) in [6.45, 7) is 13.8. The lowest BCUT2D eigenvalue weighted by molar-refractivity contribution is -0.118. The third kappa shape index (κ3) is 9.82. The zero-order valence-electron chi connectivity index (χ0n) is 25.0. The van der Waals surface area contributed by atoms with Crippen molar-refractivity contribution in [3.05, 3.63) is 53.6 Å². The first-order valence-electron chi connectivity index (χ1n) is 14.2. The van der Waals surface area contributed by atoms with Crippen molar-refractivity contribution in [3.8, 4) is 5.75 Å². The lowest BCUT2D eigenvalue weighted by Gasteiger charge is -2.33. The number of ether oxygens (including phenoxy) is 2. The Balaban J connectivity index is 1.99. The van der Waals surface area contributed by atoms with Crippen LogP contribution in [-0.2, 0) is 9.53 Å². The van der Waals surface area contributed by atoms with Gasteiger partial charge in [0, 0.05) is 23.7 Å². The molecule has 8 atom stereocenters. The van der Waals surface area contributed by atoms with Crippen LogP contribution < -0.4 is 15.8 Å². The number of hydrogen-bond donors (Lipinski definition) is 4. The number of fused-ring (bicyclic) bond motifs is 1. The molecule has 0 saturated heterocycles. The van der Waals surface area contributed by atoms with E-state index in [9.17, 15) is 19.8 Å². The minimum atomic E-state index is -0.845. The van der Waals surface area contributed by atoms with E-state index in [2.05, 4.69) is 11.4 Å². The van der Waals surface area contributed by atoms with E-state index >= 15 is 0 Å². The lowest BCUT2D eigenvalue weighted by atomic mass is 9.81. The molecule has 5 N–H and O–H groups in total. The zero-order chi connectivity index (χ0) is 30.0. The molecule has 8 nitrogen and oxygen atoms in total. The molecule has 2 rings (SSSR count). The molecular formula is C32H48N2O6. The molecule has 0 aromatic heterocycles. The quantitative estimate of drug-likeness (QED) is 0.217. The summed E-state index contributed by atoms with van der Waals surface area (Å²) >= 11 is 0. The van der Waals surface area contributed by atoms with Gasteiger partial charge in [-0.25, -0.2) is 4.79 Å². The standard InChI is InChI=1S/C32H48N2O6/c1-8-9-10-21(4)31(40-32(33)38)24(7)30(37)23(6)16-19(2)15-22(5)29(36)20(3)11-12-25-13-14-27-26(17-25)34-28(35)18-39-27/h9-15,17,20-24,29-31,36-37H,8,16,18H2,1-7H3,(H2,33,38)(H,34,35)/b10-9-,12-11-,19-15-/t20?,21?,22-,23-,24-,29-,30+,31-/m0/s1. The summed E-state index contributed by atoms with van der Waals surface area (Å²) in [5.41, 5.74) is 7.94. The highest BCUT2D eigenvalue weighted by atomic mass is 16.6. The van der Waals surface area contributed by atoms with Gasteiger partial charge in [0.15, 0.2) is 6.61 Å². The smallest absolute Gasteiger partial charge is 0.404 e. The van der Waals surface area contributed by atoms with Gasteiger partial charge in [-0.05, 0) is 43.4 Å². The summed E-state index contributed by atoms with van der Waals surface area (Å²) in [4.78, 5) is 23.1. The van der Waals surface area contributed by atoms with Crippen LogP contribution >= 0.6 is 0 Å². The first-order valence-corrected chi connectivity index (χ1v) is 14.2. The number of nitrogens with two attached hydrogens (primary N) is 1. The van der Waals surface area contributed by atoms with Crippen molar-refractivity contribution in [2.45, 2.75) is 79.6 Å². The minimum Gasteiger partial charge on any atom is -0.482 e. The normalized spacial score (nSPS) is 20.0. The summed E-state index contributed by atoms with van der Waals surface area (Å²) in [5, 5.41) is 24.9. The van der Waals surface area contributed by atoms with Gasteiger partial charge in [-0.3, -0.25) is 4.79 Å². The fraction of sp³-hybridized carbons (Fsp3) is 0.562. The van der Waals surface area contributed by atoms with Gasteiger partial charge in [0.05, 0.1) is 17.9 Å².